The summed E-state index contributed by atoms with van der Waals surface area (Å²) in [4.78, 5) is 26.4. The van der Waals surface area contributed by atoms with Crippen LogP contribution in [0.2, 0.25) is 0 Å². The van der Waals surface area contributed by atoms with E-state index in [2.05, 4.69) is 21.8 Å². The van der Waals surface area contributed by atoms with E-state index in [1.807, 2.05) is 4.90 Å². The summed E-state index contributed by atoms with van der Waals surface area (Å²) in [6.07, 6.45) is 6.27. The SMILES string of the molecule is CCC[C@H]1COC[C@H]2CN(C(=O)c3nc(N)nc4c3CCCC4)CCN12. The Morgan fingerprint density at radius 1 is 1.23 bits per heavy atom. The van der Waals surface area contributed by atoms with Gasteiger partial charge in [-0.25, -0.2) is 9.97 Å². The van der Waals surface area contributed by atoms with Crippen LogP contribution in [0.1, 0.15) is 54.4 Å². The molecule has 2 N–H and O–H groups in total. The summed E-state index contributed by atoms with van der Waals surface area (Å²) in [5.74, 6) is 0.228. The molecular formula is C19H29N5O2. The normalized spacial score (nSPS) is 26.3. The van der Waals surface area contributed by atoms with Crippen LogP contribution in [0.25, 0.3) is 0 Å². The molecule has 7 heteroatoms. The van der Waals surface area contributed by atoms with E-state index in [-0.39, 0.29) is 17.9 Å². The third-order valence-electron chi connectivity index (χ3n) is 5.93. The zero-order chi connectivity index (χ0) is 18.1. The Morgan fingerprint density at radius 3 is 2.92 bits per heavy atom. The number of fused-ring (bicyclic) bond motifs is 2. The van der Waals surface area contributed by atoms with Crippen molar-refractivity contribution in [3.8, 4) is 0 Å². The number of amides is 1. The number of anilines is 1. The molecule has 1 aliphatic carbocycles. The average Bonchev–Trinajstić information content (AvgIpc) is 2.67. The van der Waals surface area contributed by atoms with Gasteiger partial charge in [0.15, 0.2) is 0 Å². The van der Waals surface area contributed by atoms with Crippen molar-refractivity contribution in [2.24, 2.45) is 0 Å². The molecule has 3 heterocycles. The lowest BCUT2D eigenvalue weighted by molar-refractivity contribution is -0.0777. The molecule has 1 aromatic heterocycles. The van der Waals surface area contributed by atoms with Gasteiger partial charge in [0.1, 0.15) is 5.69 Å². The van der Waals surface area contributed by atoms with Crippen LogP contribution in [0.4, 0.5) is 5.95 Å². The van der Waals surface area contributed by atoms with Gasteiger partial charge in [0.25, 0.3) is 5.91 Å². The first-order valence-electron chi connectivity index (χ1n) is 9.95. The first kappa shape index (κ1) is 17.7. The first-order valence-corrected chi connectivity index (χ1v) is 9.95. The minimum atomic E-state index is 0.00881. The molecule has 4 rings (SSSR count). The summed E-state index contributed by atoms with van der Waals surface area (Å²) in [5, 5.41) is 0. The quantitative estimate of drug-likeness (QED) is 0.875. The van der Waals surface area contributed by atoms with E-state index in [0.717, 1.165) is 69.5 Å². The van der Waals surface area contributed by atoms with Gasteiger partial charge in [0.05, 0.1) is 19.3 Å². The fourth-order valence-corrected chi connectivity index (χ4v) is 4.64. The molecule has 0 saturated carbocycles. The van der Waals surface area contributed by atoms with Gasteiger partial charge in [-0.15, -0.1) is 0 Å². The second kappa shape index (κ2) is 7.48. The number of piperazine rings is 1. The third kappa shape index (κ3) is 3.30. The number of aryl methyl sites for hydroxylation is 1. The van der Waals surface area contributed by atoms with Crippen LogP contribution in [0.3, 0.4) is 0 Å². The maximum absolute atomic E-state index is 13.2. The van der Waals surface area contributed by atoms with Gasteiger partial charge < -0.3 is 15.4 Å². The minimum Gasteiger partial charge on any atom is -0.378 e. The van der Waals surface area contributed by atoms with Gasteiger partial charge in [-0.3, -0.25) is 9.69 Å². The van der Waals surface area contributed by atoms with Crippen molar-refractivity contribution < 1.29 is 9.53 Å². The molecule has 142 valence electrons. The topological polar surface area (TPSA) is 84.6 Å². The number of aromatic nitrogens is 2. The maximum atomic E-state index is 13.2. The lowest BCUT2D eigenvalue weighted by atomic mass is 9.94. The van der Waals surface area contributed by atoms with Crippen molar-refractivity contribution in [3.05, 3.63) is 17.0 Å². The molecule has 3 aliphatic rings. The summed E-state index contributed by atoms with van der Waals surface area (Å²) in [6.45, 7) is 6.09. The lowest BCUT2D eigenvalue weighted by Gasteiger charge is -2.48. The van der Waals surface area contributed by atoms with Gasteiger partial charge in [-0.05, 0) is 32.1 Å². The minimum absolute atomic E-state index is 0.00881. The van der Waals surface area contributed by atoms with Crippen LogP contribution in [-0.4, -0.2) is 70.6 Å². The molecule has 0 aromatic carbocycles. The Bertz CT molecular complexity index is 678. The van der Waals surface area contributed by atoms with E-state index >= 15 is 0 Å². The highest BCUT2D eigenvalue weighted by atomic mass is 16.5. The molecule has 2 aliphatic heterocycles. The lowest BCUT2D eigenvalue weighted by Crippen LogP contribution is -2.62. The molecule has 7 nitrogen and oxygen atoms in total. The number of carbonyl (C=O) groups is 1. The molecule has 0 radical (unpaired) electrons. The fraction of sp³-hybridized carbons (Fsp3) is 0.737. The average molecular weight is 359 g/mol. The number of morpholine rings is 1. The molecule has 1 aromatic rings. The number of hydrogen-bond acceptors (Lipinski definition) is 6. The Hall–Kier alpha value is -1.73. The van der Waals surface area contributed by atoms with Gasteiger partial charge in [0, 0.05) is 36.9 Å². The van der Waals surface area contributed by atoms with Crippen molar-refractivity contribution in [1.82, 2.24) is 19.8 Å². The molecular weight excluding hydrogens is 330 g/mol. The maximum Gasteiger partial charge on any atom is 0.273 e. The number of nitrogens with two attached hydrogens (primary N) is 1. The molecule has 0 unspecified atom stereocenters. The number of nitrogen functional groups attached to an aromatic ring is 1. The van der Waals surface area contributed by atoms with Crippen molar-refractivity contribution in [2.45, 2.75) is 57.5 Å². The van der Waals surface area contributed by atoms with Crippen LogP contribution in [0.5, 0.6) is 0 Å². The Morgan fingerprint density at radius 2 is 2.08 bits per heavy atom. The van der Waals surface area contributed by atoms with E-state index in [1.165, 1.54) is 0 Å². The zero-order valence-corrected chi connectivity index (χ0v) is 15.6. The summed E-state index contributed by atoms with van der Waals surface area (Å²) in [6, 6.07) is 0.770. The zero-order valence-electron chi connectivity index (χ0n) is 15.6. The van der Waals surface area contributed by atoms with E-state index in [1.54, 1.807) is 0 Å². The first-order chi connectivity index (χ1) is 12.7. The van der Waals surface area contributed by atoms with E-state index in [9.17, 15) is 4.79 Å². The Labute approximate surface area is 154 Å². The number of carbonyl (C=O) groups excluding carboxylic acids is 1. The number of ether oxygens (including phenoxy) is 1. The van der Waals surface area contributed by atoms with Gasteiger partial charge in [-0.1, -0.05) is 13.3 Å². The smallest absolute Gasteiger partial charge is 0.273 e. The third-order valence-corrected chi connectivity index (χ3v) is 5.93. The van der Waals surface area contributed by atoms with Gasteiger partial charge in [0.2, 0.25) is 5.95 Å². The van der Waals surface area contributed by atoms with E-state index in [0.29, 0.717) is 24.9 Å². The highest BCUT2D eigenvalue weighted by Crippen LogP contribution is 2.26. The second-order valence-corrected chi connectivity index (χ2v) is 7.69. The van der Waals surface area contributed by atoms with Crippen LogP contribution in [-0.2, 0) is 17.6 Å². The monoisotopic (exact) mass is 359 g/mol. The summed E-state index contributed by atoms with van der Waals surface area (Å²) < 4.78 is 5.82. The summed E-state index contributed by atoms with van der Waals surface area (Å²) in [5.41, 5.74) is 8.40. The predicted molar refractivity (Wildman–Crippen MR) is 99.0 cm³/mol. The highest BCUT2D eigenvalue weighted by Gasteiger charge is 2.37. The van der Waals surface area contributed by atoms with Crippen molar-refractivity contribution in [1.29, 1.82) is 0 Å². The number of hydrogen-bond donors (Lipinski definition) is 1. The molecule has 26 heavy (non-hydrogen) atoms. The predicted octanol–water partition coefficient (Wildman–Crippen LogP) is 1.26. The second-order valence-electron chi connectivity index (χ2n) is 7.69. The van der Waals surface area contributed by atoms with Crippen molar-refractivity contribution in [3.63, 3.8) is 0 Å². The van der Waals surface area contributed by atoms with Gasteiger partial charge >= 0.3 is 0 Å². The van der Waals surface area contributed by atoms with Crippen LogP contribution >= 0.6 is 0 Å². The van der Waals surface area contributed by atoms with Gasteiger partial charge in [-0.2, -0.15) is 0 Å². The molecule has 2 fully saturated rings. The van der Waals surface area contributed by atoms with Crippen molar-refractivity contribution >= 4 is 11.9 Å². The number of nitrogens with zero attached hydrogens (tertiary/aromatic N) is 4. The van der Waals surface area contributed by atoms with E-state index < -0.39 is 0 Å². The molecule has 2 saturated heterocycles. The van der Waals surface area contributed by atoms with Crippen LogP contribution in [0.15, 0.2) is 0 Å². The summed E-state index contributed by atoms with van der Waals surface area (Å²) in [7, 11) is 0. The Balaban J connectivity index is 1.53. The fourth-order valence-electron chi connectivity index (χ4n) is 4.64. The molecule has 2 atom stereocenters. The molecule has 1 amide bonds. The highest BCUT2D eigenvalue weighted by molar-refractivity contribution is 5.94. The summed E-state index contributed by atoms with van der Waals surface area (Å²) >= 11 is 0. The Kier molecular flexibility index (Phi) is 5.09. The number of rotatable bonds is 3. The van der Waals surface area contributed by atoms with Crippen LogP contribution in [0, 0.1) is 0 Å². The largest absolute Gasteiger partial charge is 0.378 e. The molecule has 0 spiro atoms. The molecule has 0 bridgehead atoms. The standard InChI is InChI=1S/C19H29N5O2/c1-2-5-13-11-26-12-14-10-23(8-9-24(13)14)18(25)17-15-6-3-4-7-16(15)21-19(20)22-17/h13-14H,2-12H2,1H3,(H2,20,21,22)/t13-,14+/m0/s1. The van der Waals surface area contributed by atoms with Crippen LogP contribution < -0.4 is 5.73 Å². The van der Waals surface area contributed by atoms with E-state index in [4.69, 9.17) is 10.5 Å². The van der Waals surface area contributed by atoms with Crippen molar-refractivity contribution in [2.75, 3.05) is 38.6 Å².